The van der Waals surface area contributed by atoms with Crippen LogP contribution in [0.25, 0.3) is 11.4 Å². The van der Waals surface area contributed by atoms with Crippen molar-refractivity contribution in [3.8, 4) is 11.4 Å². The number of hydrogen-bond donors (Lipinski definition) is 1. The SMILES string of the molecule is CCCNc1nc2n(n1)CCc1ccccc1-2. The van der Waals surface area contributed by atoms with Crippen LogP contribution in [0.15, 0.2) is 24.3 Å². The van der Waals surface area contributed by atoms with Gasteiger partial charge in [-0.1, -0.05) is 31.2 Å². The molecule has 0 fully saturated rings. The fourth-order valence-corrected chi connectivity index (χ4v) is 2.19. The van der Waals surface area contributed by atoms with E-state index in [-0.39, 0.29) is 0 Å². The van der Waals surface area contributed by atoms with Gasteiger partial charge < -0.3 is 5.32 Å². The molecule has 0 bridgehead atoms. The number of rotatable bonds is 3. The van der Waals surface area contributed by atoms with Gasteiger partial charge in [-0.2, -0.15) is 4.98 Å². The van der Waals surface area contributed by atoms with E-state index in [0.717, 1.165) is 37.7 Å². The zero-order valence-corrected chi connectivity index (χ0v) is 9.98. The van der Waals surface area contributed by atoms with Crippen molar-refractivity contribution in [1.82, 2.24) is 14.8 Å². The lowest BCUT2D eigenvalue weighted by atomic mass is 10.0. The summed E-state index contributed by atoms with van der Waals surface area (Å²) in [6, 6.07) is 8.44. The number of fused-ring (bicyclic) bond motifs is 3. The molecule has 0 unspecified atom stereocenters. The van der Waals surface area contributed by atoms with Gasteiger partial charge in [0.1, 0.15) is 0 Å². The maximum atomic E-state index is 4.57. The van der Waals surface area contributed by atoms with E-state index in [1.54, 1.807) is 0 Å². The first-order valence-corrected chi connectivity index (χ1v) is 6.15. The van der Waals surface area contributed by atoms with Gasteiger partial charge in [0.2, 0.25) is 5.95 Å². The molecular formula is C13H16N4. The Morgan fingerprint density at radius 2 is 2.24 bits per heavy atom. The number of aromatic nitrogens is 3. The van der Waals surface area contributed by atoms with Gasteiger partial charge in [-0.3, -0.25) is 0 Å². The second kappa shape index (κ2) is 4.20. The van der Waals surface area contributed by atoms with E-state index >= 15 is 0 Å². The quantitative estimate of drug-likeness (QED) is 0.876. The molecule has 2 aromatic rings. The van der Waals surface area contributed by atoms with E-state index in [4.69, 9.17) is 0 Å². The van der Waals surface area contributed by atoms with Crippen molar-refractivity contribution in [2.45, 2.75) is 26.3 Å². The van der Waals surface area contributed by atoms with E-state index in [1.165, 1.54) is 11.1 Å². The van der Waals surface area contributed by atoms with Crippen LogP contribution in [-0.4, -0.2) is 21.3 Å². The van der Waals surface area contributed by atoms with Gasteiger partial charge in [0.25, 0.3) is 0 Å². The largest absolute Gasteiger partial charge is 0.353 e. The second-order valence-electron chi connectivity index (χ2n) is 4.32. The molecule has 1 aromatic carbocycles. The summed E-state index contributed by atoms with van der Waals surface area (Å²) in [5, 5.41) is 7.72. The topological polar surface area (TPSA) is 42.7 Å². The average molecular weight is 228 g/mol. The number of nitrogens with one attached hydrogen (secondary N) is 1. The van der Waals surface area contributed by atoms with Crippen molar-refractivity contribution in [3.63, 3.8) is 0 Å². The zero-order chi connectivity index (χ0) is 11.7. The third-order valence-corrected chi connectivity index (χ3v) is 3.06. The Morgan fingerprint density at radius 3 is 3.12 bits per heavy atom. The molecule has 2 heterocycles. The molecule has 0 saturated carbocycles. The summed E-state index contributed by atoms with van der Waals surface area (Å²) in [5.74, 6) is 1.74. The van der Waals surface area contributed by atoms with E-state index in [0.29, 0.717) is 0 Å². The molecule has 0 atom stereocenters. The highest BCUT2D eigenvalue weighted by atomic mass is 15.4. The summed E-state index contributed by atoms with van der Waals surface area (Å²) in [5.41, 5.74) is 2.59. The van der Waals surface area contributed by atoms with Crippen LogP contribution in [0, 0.1) is 0 Å². The van der Waals surface area contributed by atoms with E-state index in [9.17, 15) is 0 Å². The highest BCUT2D eigenvalue weighted by molar-refractivity contribution is 5.63. The molecule has 0 amide bonds. The van der Waals surface area contributed by atoms with Gasteiger partial charge in [-0.25, -0.2) is 4.68 Å². The third kappa shape index (κ3) is 1.79. The van der Waals surface area contributed by atoms with Crippen LogP contribution in [0.2, 0.25) is 0 Å². The van der Waals surface area contributed by atoms with Gasteiger partial charge >= 0.3 is 0 Å². The number of anilines is 1. The van der Waals surface area contributed by atoms with Gasteiger partial charge in [0.05, 0.1) is 0 Å². The molecule has 0 saturated heterocycles. The Kier molecular flexibility index (Phi) is 2.55. The predicted molar refractivity (Wildman–Crippen MR) is 67.9 cm³/mol. The minimum absolute atomic E-state index is 0.749. The summed E-state index contributed by atoms with van der Waals surface area (Å²) >= 11 is 0. The maximum Gasteiger partial charge on any atom is 0.242 e. The van der Waals surface area contributed by atoms with Crippen LogP contribution in [0.3, 0.4) is 0 Å². The van der Waals surface area contributed by atoms with Crippen molar-refractivity contribution >= 4 is 5.95 Å². The van der Waals surface area contributed by atoms with Crippen molar-refractivity contribution in [2.24, 2.45) is 0 Å². The van der Waals surface area contributed by atoms with Gasteiger partial charge in [0.15, 0.2) is 5.82 Å². The molecular weight excluding hydrogens is 212 g/mol. The van der Waals surface area contributed by atoms with Crippen molar-refractivity contribution in [3.05, 3.63) is 29.8 Å². The van der Waals surface area contributed by atoms with Gasteiger partial charge in [0, 0.05) is 18.7 Å². The smallest absolute Gasteiger partial charge is 0.242 e. The Labute approximate surface area is 101 Å². The first-order valence-electron chi connectivity index (χ1n) is 6.15. The van der Waals surface area contributed by atoms with Crippen LogP contribution < -0.4 is 5.32 Å². The first kappa shape index (κ1) is 10.3. The molecule has 0 aliphatic carbocycles. The van der Waals surface area contributed by atoms with E-state index < -0.39 is 0 Å². The fourth-order valence-electron chi connectivity index (χ4n) is 2.19. The molecule has 1 N–H and O–H groups in total. The lowest BCUT2D eigenvalue weighted by molar-refractivity contribution is 0.606. The van der Waals surface area contributed by atoms with Crippen molar-refractivity contribution < 1.29 is 0 Å². The highest BCUT2D eigenvalue weighted by Crippen LogP contribution is 2.27. The summed E-state index contributed by atoms with van der Waals surface area (Å²) < 4.78 is 2.00. The molecule has 4 nitrogen and oxygen atoms in total. The monoisotopic (exact) mass is 228 g/mol. The van der Waals surface area contributed by atoms with Crippen LogP contribution in [0.4, 0.5) is 5.95 Å². The Morgan fingerprint density at radius 1 is 1.35 bits per heavy atom. The third-order valence-electron chi connectivity index (χ3n) is 3.06. The van der Waals surface area contributed by atoms with Crippen molar-refractivity contribution in [2.75, 3.05) is 11.9 Å². The van der Waals surface area contributed by atoms with Crippen LogP contribution >= 0.6 is 0 Å². The lowest BCUT2D eigenvalue weighted by Gasteiger charge is -2.15. The number of nitrogens with zero attached hydrogens (tertiary/aromatic N) is 3. The summed E-state index contributed by atoms with van der Waals surface area (Å²) in [6.07, 6.45) is 2.13. The molecule has 0 spiro atoms. The lowest BCUT2D eigenvalue weighted by Crippen LogP contribution is -2.12. The van der Waals surface area contributed by atoms with Crippen LogP contribution in [-0.2, 0) is 13.0 Å². The summed E-state index contributed by atoms with van der Waals surface area (Å²) in [7, 11) is 0. The second-order valence-corrected chi connectivity index (χ2v) is 4.32. The molecule has 17 heavy (non-hydrogen) atoms. The van der Waals surface area contributed by atoms with E-state index in [1.807, 2.05) is 4.68 Å². The summed E-state index contributed by atoms with van der Waals surface area (Å²) in [6.45, 7) is 3.98. The molecule has 1 aliphatic rings. The average Bonchev–Trinajstić information content (AvgIpc) is 2.79. The van der Waals surface area contributed by atoms with Gasteiger partial charge in [-0.15, -0.1) is 5.10 Å². The Hall–Kier alpha value is -1.84. The van der Waals surface area contributed by atoms with Crippen LogP contribution in [0.5, 0.6) is 0 Å². The number of hydrogen-bond acceptors (Lipinski definition) is 3. The Balaban J connectivity index is 1.98. The molecule has 4 heteroatoms. The van der Waals surface area contributed by atoms with E-state index in [2.05, 4.69) is 46.6 Å². The van der Waals surface area contributed by atoms with Crippen molar-refractivity contribution in [1.29, 1.82) is 0 Å². The molecule has 1 aromatic heterocycles. The predicted octanol–water partition coefficient (Wildman–Crippen LogP) is 2.32. The molecule has 3 rings (SSSR count). The Bertz CT molecular complexity index is 530. The van der Waals surface area contributed by atoms with Crippen LogP contribution in [0.1, 0.15) is 18.9 Å². The minimum atomic E-state index is 0.749. The number of aryl methyl sites for hydroxylation is 2. The standard InChI is InChI=1S/C13H16N4/c1-2-8-14-13-15-12-11-6-4-3-5-10(11)7-9-17(12)16-13/h3-6H,2,7-9H2,1H3,(H,14,16). The molecule has 1 aliphatic heterocycles. The summed E-state index contributed by atoms with van der Waals surface area (Å²) in [4.78, 5) is 4.57. The number of benzene rings is 1. The fraction of sp³-hybridized carbons (Fsp3) is 0.385. The van der Waals surface area contributed by atoms with Gasteiger partial charge in [-0.05, 0) is 18.4 Å². The first-order chi connectivity index (χ1) is 8.38. The maximum absolute atomic E-state index is 4.57. The normalized spacial score (nSPS) is 13.0. The highest BCUT2D eigenvalue weighted by Gasteiger charge is 2.18. The minimum Gasteiger partial charge on any atom is -0.353 e. The zero-order valence-electron chi connectivity index (χ0n) is 9.98. The molecule has 0 radical (unpaired) electrons. The molecule has 88 valence electrons.